The summed E-state index contributed by atoms with van der Waals surface area (Å²) < 4.78 is 61.1. The van der Waals surface area contributed by atoms with Crippen LogP contribution in [0.3, 0.4) is 0 Å². The fourth-order valence-corrected chi connectivity index (χ4v) is 5.56. The number of hydrogen-bond donors (Lipinski definition) is 2. The Hall–Kier alpha value is -3.39. The first-order valence-corrected chi connectivity index (χ1v) is 13.0. The minimum atomic E-state index is -4.03. The molecule has 2 heterocycles. The minimum absolute atomic E-state index is 0.0178. The lowest BCUT2D eigenvalue weighted by Gasteiger charge is -2.19. The molecule has 0 aromatic heterocycles. The first-order chi connectivity index (χ1) is 17.7. The van der Waals surface area contributed by atoms with Crippen molar-refractivity contribution >= 4 is 27.8 Å². The van der Waals surface area contributed by atoms with Crippen LogP contribution in [0.4, 0.5) is 10.5 Å². The number of nitrogens with one attached hydrogen (secondary N) is 2. The summed E-state index contributed by atoms with van der Waals surface area (Å²) in [6.07, 6.45) is -2.88. The van der Waals surface area contributed by atoms with Crippen LogP contribution in [0.2, 0.25) is 0 Å². The number of carbonyl (C=O) groups is 2. The highest BCUT2D eigenvalue weighted by Crippen LogP contribution is 2.32. The van der Waals surface area contributed by atoms with E-state index in [1.54, 1.807) is 31.2 Å². The van der Waals surface area contributed by atoms with Gasteiger partial charge >= 0.3 is 12.1 Å². The average Bonchev–Trinajstić information content (AvgIpc) is 3.46. The second-order valence-electron chi connectivity index (χ2n) is 8.21. The quantitative estimate of drug-likeness (QED) is 0.456. The Morgan fingerprint density at radius 1 is 1.03 bits per heavy atom. The molecule has 0 bridgehead atoms. The number of sulfonamides is 1. The number of hydrogen-bond acceptors (Lipinski definition) is 10. The molecule has 2 aromatic carbocycles. The van der Waals surface area contributed by atoms with E-state index in [1.165, 1.54) is 32.4 Å². The molecule has 0 aliphatic carbocycles. The van der Waals surface area contributed by atoms with Crippen LogP contribution in [0.15, 0.2) is 47.4 Å². The first kappa shape index (κ1) is 26.7. The summed E-state index contributed by atoms with van der Waals surface area (Å²) in [6.45, 7) is 1.97. The number of esters is 1. The molecule has 37 heavy (non-hydrogen) atoms. The van der Waals surface area contributed by atoms with Gasteiger partial charge in [-0.2, -0.15) is 0 Å². The Balaban J connectivity index is 1.38. The van der Waals surface area contributed by atoms with Gasteiger partial charge in [0.1, 0.15) is 28.6 Å². The molecule has 13 heteroatoms. The average molecular weight is 537 g/mol. The molecule has 0 radical (unpaired) electrons. The highest BCUT2D eigenvalue weighted by Gasteiger charge is 2.50. The third-order valence-electron chi connectivity index (χ3n) is 5.85. The van der Waals surface area contributed by atoms with Gasteiger partial charge in [0.05, 0.1) is 45.6 Å². The number of anilines is 1. The molecule has 2 aromatic rings. The molecule has 4 atom stereocenters. The second kappa shape index (κ2) is 11.3. The molecule has 4 unspecified atom stereocenters. The summed E-state index contributed by atoms with van der Waals surface area (Å²) in [5.41, 5.74) is 0.627. The highest BCUT2D eigenvalue weighted by atomic mass is 32.2. The summed E-state index contributed by atoms with van der Waals surface area (Å²) in [6, 6.07) is 9.97. The van der Waals surface area contributed by atoms with E-state index in [0.29, 0.717) is 11.4 Å². The summed E-state index contributed by atoms with van der Waals surface area (Å²) in [5, 5.41) is 2.56. The smallest absolute Gasteiger partial charge is 0.412 e. The maximum absolute atomic E-state index is 13.1. The predicted molar refractivity (Wildman–Crippen MR) is 129 cm³/mol. The van der Waals surface area contributed by atoms with Crippen molar-refractivity contribution in [2.45, 2.75) is 36.2 Å². The van der Waals surface area contributed by atoms with Crippen molar-refractivity contribution in [1.29, 1.82) is 0 Å². The molecule has 200 valence electrons. The number of amides is 1. The topological polar surface area (TPSA) is 148 Å². The Labute approximate surface area is 214 Å². The third kappa shape index (κ3) is 5.96. The van der Waals surface area contributed by atoms with Crippen molar-refractivity contribution in [3.05, 3.63) is 48.0 Å². The molecule has 2 fully saturated rings. The van der Waals surface area contributed by atoms with Gasteiger partial charge < -0.3 is 28.4 Å². The Kier molecular flexibility index (Phi) is 8.17. The molecule has 2 aliphatic rings. The summed E-state index contributed by atoms with van der Waals surface area (Å²) in [7, 11) is -1.23. The lowest BCUT2D eigenvalue weighted by atomic mass is 10.1. The Morgan fingerprint density at radius 2 is 1.81 bits per heavy atom. The van der Waals surface area contributed by atoms with Crippen molar-refractivity contribution in [3.63, 3.8) is 0 Å². The van der Waals surface area contributed by atoms with E-state index in [9.17, 15) is 18.0 Å². The Morgan fingerprint density at radius 3 is 2.54 bits per heavy atom. The highest BCUT2D eigenvalue weighted by molar-refractivity contribution is 7.89. The van der Waals surface area contributed by atoms with Crippen LogP contribution in [-0.4, -0.2) is 78.9 Å². The van der Waals surface area contributed by atoms with Gasteiger partial charge in [0.25, 0.3) is 0 Å². The number of benzene rings is 2. The fourth-order valence-electron chi connectivity index (χ4n) is 4.15. The normalized spacial score (nSPS) is 22.7. The monoisotopic (exact) mass is 536 g/mol. The van der Waals surface area contributed by atoms with Crippen LogP contribution in [0.5, 0.6) is 11.5 Å². The van der Waals surface area contributed by atoms with Crippen LogP contribution in [0.1, 0.15) is 17.3 Å². The predicted octanol–water partition coefficient (Wildman–Crippen LogP) is 1.94. The molecule has 2 saturated heterocycles. The van der Waals surface area contributed by atoms with Crippen molar-refractivity contribution in [2.75, 3.05) is 39.4 Å². The van der Waals surface area contributed by atoms with E-state index in [0.717, 1.165) is 0 Å². The van der Waals surface area contributed by atoms with Crippen LogP contribution in [-0.2, 0) is 29.0 Å². The number of fused-ring (bicyclic) bond motifs is 1. The SMILES string of the molecule is CCOC(=O)c1cccc(NC(=O)OC2COC3C(NS(=O)(=O)c4cc(OC)ccc4OC)COC23)c1. The number of carbonyl (C=O) groups excluding carboxylic acids is 2. The van der Waals surface area contributed by atoms with Gasteiger partial charge in [-0.1, -0.05) is 6.07 Å². The van der Waals surface area contributed by atoms with Gasteiger partial charge in [-0.3, -0.25) is 5.32 Å². The van der Waals surface area contributed by atoms with Crippen LogP contribution >= 0.6 is 0 Å². The zero-order valence-corrected chi connectivity index (χ0v) is 21.3. The number of ether oxygens (including phenoxy) is 6. The van der Waals surface area contributed by atoms with E-state index in [-0.39, 0.29) is 36.0 Å². The molecular formula is C24H28N2O10S. The van der Waals surface area contributed by atoms with Crippen molar-refractivity contribution < 1.29 is 46.4 Å². The van der Waals surface area contributed by atoms with Gasteiger partial charge in [-0.05, 0) is 37.3 Å². The van der Waals surface area contributed by atoms with E-state index >= 15 is 0 Å². The molecule has 0 spiro atoms. The van der Waals surface area contributed by atoms with Gasteiger partial charge in [-0.25, -0.2) is 22.7 Å². The zero-order chi connectivity index (χ0) is 26.6. The fraction of sp³-hybridized carbons (Fsp3) is 0.417. The summed E-state index contributed by atoms with van der Waals surface area (Å²) >= 11 is 0. The lowest BCUT2D eigenvalue weighted by molar-refractivity contribution is 0.00883. The molecule has 2 N–H and O–H groups in total. The van der Waals surface area contributed by atoms with E-state index in [1.807, 2.05) is 0 Å². The standard InChI is InChI=1S/C24H28N2O10S/c1-4-33-23(27)14-6-5-7-15(10-14)25-24(28)36-19-13-35-21-17(12-34-22(19)21)26-37(29,30)20-11-16(31-2)8-9-18(20)32-3/h5-11,17,19,21-22,26H,4,12-13H2,1-3H3,(H,25,28). The van der Waals surface area contributed by atoms with Crippen LogP contribution < -0.4 is 19.5 Å². The van der Waals surface area contributed by atoms with Crippen molar-refractivity contribution in [3.8, 4) is 11.5 Å². The molecule has 1 amide bonds. The second-order valence-corrected chi connectivity index (χ2v) is 9.89. The maximum Gasteiger partial charge on any atom is 0.412 e. The minimum Gasteiger partial charge on any atom is -0.497 e. The van der Waals surface area contributed by atoms with Crippen molar-refractivity contribution in [1.82, 2.24) is 4.72 Å². The molecule has 12 nitrogen and oxygen atoms in total. The van der Waals surface area contributed by atoms with Crippen LogP contribution in [0, 0.1) is 0 Å². The van der Waals surface area contributed by atoms with Crippen molar-refractivity contribution in [2.24, 2.45) is 0 Å². The van der Waals surface area contributed by atoms with E-state index in [2.05, 4.69) is 10.0 Å². The third-order valence-corrected chi connectivity index (χ3v) is 7.36. The largest absolute Gasteiger partial charge is 0.497 e. The maximum atomic E-state index is 13.1. The number of rotatable bonds is 9. The molecule has 0 saturated carbocycles. The van der Waals surface area contributed by atoms with Crippen LogP contribution in [0.25, 0.3) is 0 Å². The zero-order valence-electron chi connectivity index (χ0n) is 20.5. The lowest BCUT2D eigenvalue weighted by Crippen LogP contribution is -2.44. The van der Waals surface area contributed by atoms with Gasteiger partial charge in [0, 0.05) is 11.8 Å². The van der Waals surface area contributed by atoms with E-state index in [4.69, 9.17) is 28.4 Å². The Bertz CT molecular complexity index is 1250. The van der Waals surface area contributed by atoms with Gasteiger partial charge in [0.2, 0.25) is 10.0 Å². The van der Waals surface area contributed by atoms with Gasteiger partial charge in [0.15, 0.2) is 6.10 Å². The van der Waals surface area contributed by atoms with Gasteiger partial charge in [-0.15, -0.1) is 0 Å². The summed E-state index contributed by atoms with van der Waals surface area (Å²) in [4.78, 5) is 24.3. The molecule has 4 rings (SSSR count). The molecule has 2 aliphatic heterocycles. The summed E-state index contributed by atoms with van der Waals surface area (Å²) in [5.74, 6) is -0.00177. The number of methoxy groups -OCH3 is 2. The molecular weight excluding hydrogens is 508 g/mol. The van der Waals surface area contributed by atoms with E-state index < -0.39 is 46.4 Å². The first-order valence-electron chi connectivity index (χ1n) is 11.5.